The summed E-state index contributed by atoms with van der Waals surface area (Å²) in [6.07, 6.45) is 2.71. The molecule has 4 atom stereocenters. The van der Waals surface area contributed by atoms with Crippen LogP contribution >= 0.6 is 19.5 Å². The number of hydrogen-bond donors (Lipinski definition) is 2. The summed E-state index contributed by atoms with van der Waals surface area (Å²) < 4.78 is 47.1. The van der Waals surface area contributed by atoms with Crippen molar-refractivity contribution in [1.82, 2.24) is 9.99 Å². The lowest BCUT2D eigenvalue weighted by Gasteiger charge is -2.28. The van der Waals surface area contributed by atoms with Gasteiger partial charge < -0.3 is 34.1 Å². The zero-order valence-electron chi connectivity index (χ0n) is 20.1. The minimum Gasteiger partial charge on any atom is -0.462 e. The Hall–Kier alpha value is -2.70. The number of nitrogens with two attached hydrogens (primary N) is 1. The molecule has 1 saturated heterocycles. The molecule has 1 fully saturated rings. The summed E-state index contributed by atoms with van der Waals surface area (Å²) in [6.45, 7) is 8.85. The third-order valence-electron chi connectivity index (χ3n) is 5.01. The predicted octanol–water partition coefficient (Wildman–Crippen LogP) is 2.92. The monoisotopic (exact) mass is 540 g/mol. The Labute approximate surface area is 213 Å². The molecule has 0 spiro atoms. The maximum atomic E-state index is 13.7. The third kappa shape index (κ3) is 6.54. The van der Waals surface area contributed by atoms with Gasteiger partial charge in [0.1, 0.15) is 35.1 Å². The van der Waals surface area contributed by atoms with Gasteiger partial charge in [-0.05, 0) is 39.0 Å². The molecule has 1 aromatic carbocycles. The first-order valence-corrected chi connectivity index (χ1v) is 13.8. The normalized spacial score (nSPS) is 23.4. The van der Waals surface area contributed by atoms with Gasteiger partial charge in [-0.2, -0.15) is 5.09 Å². The zero-order valence-corrected chi connectivity index (χ0v) is 21.8. The van der Waals surface area contributed by atoms with Crippen LogP contribution < -0.4 is 24.8 Å². The average Bonchev–Trinajstić information content (AvgIpc) is 3.46. The lowest BCUT2D eigenvalue weighted by atomic mass is 10.3. The molecule has 0 bridgehead atoms. The second-order valence-electron chi connectivity index (χ2n) is 8.27. The van der Waals surface area contributed by atoms with Crippen LogP contribution in [-0.4, -0.2) is 59.7 Å². The summed E-state index contributed by atoms with van der Waals surface area (Å²) >= 11 is 1.47. The van der Waals surface area contributed by atoms with Crippen molar-refractivity contribution < 1.29 is 37.4 Å². The molecular formula is C22H29N4O8PS. The number of nitrogens with zero attached hydrogens (tertiary/aromatic N) is 2. The molecule has 4 rings (SSSR count). The van der Waals surface area contributed by atoms with Crippen LogP contribution in [0.15, 0.2) is 47.9 Å². The van der Waals surface area contributed by atoms with Crippen LogP contribution in [0.3, 0.4) is 0 Å². The third-order valence-corrected chi connectivity index (χ3v) is 7.75. The van der Waals surface area contributed by atoms with Gasteiger partial charge in [0.2, 0.25) is 6.79 Å². The summed E-state index contributed by atoms with van der Waals surface area (Å²) in [5.74, 6) is 2.01. The van der Waals surface area contributed by atoms with E-state index in [0.29, 0.717) is 28.9 Å². The van der Waals surface area contributed by atoms with Crippen molar-refractivity contribution in [1.29, 1.82) is 0 Å². The van der Waals surface area contributed by atoms with E-state index in [1.807, 2.05) is 0 Å². The second kappa shape index (κ2) is 11.1. The Kier molecular flexibility index (Phi) is 8.16. The van der Waals surface area contributed by atoms with Crippen LogP contribution in [0.1, 0.15) is 20.8 Å². The molecule has 1 aromatic rings. The van der Waals surface area contributed by atoms with Crippen LogP contribution in [-0.2, 0) is 23.4 Å². The van der Waals surface area contributed by atoms with Crippen molar-refractivity contribution in [3.63, 3.8) is 0 Å². The molecule has 3 N–H and O–H groups in total. The molecule has 0 aliphatic carbocycles. The number of hydrogen-bond acceptors (Lipinski definition) is 12. The van der Waals surface area contributed by atoms with Gasteiger partial charge in [0, 0.05) is 18.0 Å². The molecular weight excluding hydrogens is 511 g/mol. The number of fused-ring (bicyclic) bond motifs is 1. The van der Waals surface area contributed by atoms with Crippen molar-refractivity contribution in [2.45, 2.75) is 44.6 Å². The van der Waals surface area contributed by atoms with Crippen molar-refractivity contribution in [3.8, 4) is 17.2 Å². The minimum atomic E-state index is -4.07. The highest BCUT2D eigenvalue weighted by Gasteiger charge is 2.37. The van der Waals surface area contributed by atoms with E-state index in [0.717, 1.165) is 0 Å². The number of carbonyl (C=O) groups excluding carboxylic acids is 1. The molecule has 0 radical (unpaired) electrons. The molecule has 0 saturated carbocycles. The fourth-order valence-corrected chi connectivity index (χ4v) is 5.94. The quantitative estimate of drug-likeness (QED) is 0.333. The zero-order chi connectivity index (χ0) is 25.9. The van der Waals surface area contributed by atoms with E-state index >= 15 is 0 Å². The number of amidine groups is 1. The van der Waals surface area contributed by atoms with Crippen molar-refractivity contribution >= 4 is 31.3 Å². The van der Waals surface area contributed by atoms with E-state index < -0.39 is 25.2 Å². The number of esters is 1. The van der Waals surface area contributed by atoms with Gasteiger partial charge in [0.15, 0.2) is 11.5 Å². The summed E-state index contributed by atoms with van der Waals surface area (Å²) in [4.78, 5) is 18.2. The van der Waals surface area contributed by atoms with Gasteiger partial charge in [0.05, 0.1) is 12.7 Å². The number of benzene rings is 1. The number of thioether (sulfide) groups is 1. The molecule has 0 amide bonds. The first-order chi connectivity index (χ1) is 17.1. The highest BCUT2D eigenvalue weighted by molar-refractivity contribution is 8.00. The standard InChI is InChI=1S/C22H29N4O8PS/c1-13(2)32-22(27)14(3)25-35(28,34-16-5-6-17-18(9-16)30-12-29-17)31-10-21-33-20(11-36-21)26-8-7-19(23)24-15(26)4/h5-9,13-14,20-21H,4,10-12H2,1-3H3,(H2,23,24)(H,25,28)/t14-,20+,21-,35-/m0/s1. The Morgan fingerprint density at radius 3 is 2.89 bits per heavy atom. The molecule has 3 aliphatic heterocycles. The highest BCUT2D eigenvalue weighted by atomic mass is 32.2. The average molecular weight is 541 g/mol. The molecule has 12 nitrogen and oxygen atoms in total. The van der Waals surface area contributed by atoms with Gasteiger partial charge >= 0.3 is 13.7 Å². The predicted molar refractivity (Wildman–Crippen MR) is 133 cm³/mol. The van der Waals surface area contributed by atoms with Crippen LogP contribution in [0.2, 0.25) is 0 Å². The smallest absolute Gasteiger partial charge is 0.459 e. The number of carbonyl (C=O) groups is 1. The topological polar surface area (TPSA) is 143 Å². The number of aliphatic imine (C=N–C) groups is 1. The molecule has 36 heavy (non-hydrogen) atoms. The van der Waals surface area contributed by atoms with Crippen molar-refractivity contribution in [3.05, 3.63) is 42.9 Å². The molecule has 196 valence electrons. The Balaban J connectivity index is 1.42. The molecule has 0 unspecified atom stereocenters. The van der Waals surface area contributed by atoms with Gasteiger partial charge in [0.25, 0.3) is 0 Å². The van der Waals surface area contributed by atoms with Gasteiger partial charge in [-0.15, -0.1) is 11.8 Å². The maximum Gasteiger partial charge on any atom is 0.459 e. The van der Waals surface area contributed by atoms with E-state index in [9.17, 15) is 9.36 Å². The number of nitrogens with one attached hydrogen (secondary N) is 1. The molecule has 3 aliphatic rings. The van der Waals surface area contributed by atoms with Crippen LogP contribution in [0.4, 0.5) is 0 Å². The summed E-state index contributed by atoms with van der Waals surface area (Å²) in [5, 5.41) is 2.66. The fraction of sp³-hybridized carbons (Fsp3) is 0.455. The van der Waals surface area contributed by atoms with E-state index in [2.05, 4.69) is 16.7 Å². The first kappa shape index (κ1) is 26.4. The van der Waals surface area contributed by atoms with Gasteiger partial charge in [-0.1, -0.05) is 6.58 Å². The molecule has 3 heterocycles. The fourth-order valence-electron chi connectivity index (χ4n) is 3.37. The van der Waals surface area contributed by atoms with Crippen LogP contribution in [0.5, 0.6) is 17.2 Å². The number of rotatable bonds is 10. The second-order valence-corrected chi connectivity index (χ2v) is 11.2. The van der Waals surface area contributed by atoms with Crippen LogP contribution in [0.25, 0.3) is 0 Å². The summed E-state index contributed by atoms with van der Waals surface area (Å²) in [7, 11) is -4.07. The molecule has 14 heteroatoms. The molecule has 0 aromatic heterocycles. The SMILES string of the molecule is C=C1N=C(N)C=CN1[C@H]1CS[C@@H](CO[P@@](=O)(N[C@@H](C)C(=O)OC(C)C)Oc2ccc3c(c2)OCO3)O1. The highest BCUT2D eigenvalue weighted by Crippen LogP contribution is 2.48. The van der Waals surface area contributed by atoms with Crippen molar-refractivity contribution in [2.75, 3.05) is 19.2 Å². The first-order valence-electron chi connectivity index (χ1n) is 11.2. The van der Waals surface area contributed by atoms with Gasteiger partial charge in [-0.3, -0.25) is 9.32 Å². The van der Waals surface area contributed by atoms with Crippen molar-refractivity contribution in [2.24, 2.45) is 10.7 Å². The van der Waals surface area contributed by atoms with E-state index in [1.54, 1.807) is 43.2 Å². The summed E-state index contributed by atoms with van der Waals surface area (Å²) in [6, 6.07) is 3.77. The van der Waals surface area contributed by atoms with E-state index in [-0.39, 0.29) is 31.5 Å². The largest absolute Gasteiger partial charge is 0.462 e. The van der Waals surface area contributed by atoms with E-state index in [1.165, 1.54) is 24.8 Å². The summed E-state index contributed by atoms with van der Waals surface area (Å²) in [5.41, 5.74) is 5.23. The lowest BCUT2D eigenvalue weighted by Crippen LogP contribution is -2.37. The Bertz CT molecular complexity index is 1110. The van der Waals surface area contributed by atoms with Crippen LogP contribution in [0, 0.1) is 0 Å². The minimum absolute atomic E-state index is 0.0806. The van der Waals surface area contributed by atoms with Gasteiger partial charge in [-0.25, -0.2) is 9.56 Å². The maximum absolute atomic E-state index is 13.7. The Morgan fingerprint density at radius 1 is 1.36 bits per heavy atom. The lowest BCUT2D eigenvalue weighted by molar-refractivity contribution is -0.149. The Morgan fingerprint density at radius 2 is 2.14 bits per heavy atom. The van der Waals surface area contributed by atoms with E-state index in [4.69, 9.17) is 33.7 Å². The number of ether oxygens (including phenoxy) is 4.